The monoisotopic (exact) mass is 517 g/mol. The number of aryl methyl sites for hydroxylation is 1. The standard InChI is InChI=1S/C23H19F4N7O3/c1-34-11-16(20(36)32-34)30-21-28-9-14(10-29-21)12-2-3-13(15(24)6-12)7-19(35)31-18-8-17(37-33-18)22(4-5-22)23(25,26)27/h2-3,6,8-11H,4-5,7H2,1H3,(H,32,36)(H,28,29,30)(H,31,33,35). The van der Waals surface area contributed by atoms with E-state index in [0.717, 1.165) is 6.07 Å². The number of anilines is 3. The fourth-order valence-electron chi connectivity index (χ4n) is 3.81. The number of rotatable bonds is 7. The molecule has 1 aliphatic rings. The van der Waals surface area contributed by atoms with Gasteiger partial charge in [0, 0.05) is 31.1 Å². The number of nitrogens with zero attached hydrogens (tertiary/aromatic N) is 5. The van der Waals surface area contributed by atoms with Crippen LogP contribution in [-0.2, 0) is 23.7 Å². The van der Waals surface area contributed by atoms with Gasteiger partial charge in [-0.3, -0.25) is 9.48 Å². The molecule has 10 nitrogen and oxygen atoms in total. The van der Waals surface area contributed by atoms with Gasteiger partial charge in [-0.05, 0) is 30.0 Å². The van der Waals surface area contributed by atoms with E-state index < -0.39 is 23.3 Å². The molecule has 37 heavy (non-hydrogen) atoms. The smallest absolute Gasteiger partial charge is 0.401 e. The normalized spacial score (nSPS) is 14.4. The van der Waals surface area contributed by atoms with Crippen molar-refractivity contribution in [1.29, 1.82) is 0 Å². The molecule has 3 N–H and O–H groups in total. The van der Waals surface area contributed by atoms with E-state index >= 15 is 0 Å². The largest absolute Gasteiger partial charge is 0.491 e. The first-order valence-electron chi connectivity index (χ1n) is 11.0. The summed E-state index contributed by atoms with van der Waals surface area (Å²) in [6.45, 7) is 0. The SMILES string of the molecule is Cn1cc(Nc2ncc(-c3ccc(CC(=O)Nc4cc(C5(C(F)(F)F)CC5)on4)c(F)c3)cn2)c(O)n1. The van der Waals surface area contributed by atoms with Crippen LogP contribution in [0.5, 0.6) is 5.88 Å². The molecule has 1 fully saturated rings. The lowest BCUT2D eigenvalue weighted by atomic mass is 10.0. The molecule has 1 amide bonds. The van der Waals surface area contributed by atoms with Crippen LogP contribution in [0.3, 0.4) is 0 Å². The van der Waals surface area contributed by atoms with Crippen molar-refractivity contribution in [3.8, 4) is 17.0 Å². The van der Waals surface area contributed by atoms with Crippen molar-refractivity contribution in [2.24, 2.45) is 7.05 Å². The lowest BCUT2D eigenvalue weighted by Crippen LogP contribution is -2.28. The average Bonchev–Trinajstić information content (AvgIpc) is 3.44. The number of hydrogen-bond acceptors (Lipinski definition) is 8. The van der Waals surface area contributed by atoms with Crippen LogP contribution in [0.2, 0.25) is 0 Å². The third-order valence-corrected chi connectivity index (χ3v) is 5.99. The van der Waals surface area contributed by atoms with E-state index in [0.29, 0.717) is 16.8 Å². The van der Waals surface area contributed by atoms with Crippen LogP contribution in [0, 0.1) is 5.82 Å². The van der Waals surface area contributed by atoms with Gasteiger partial charge < -0.3 is 20.3 Å². The molecule has 5 rings (SSSR count). The number of benzene rings is 1. The first-order chi connectivity index (χ1) is 17.5. The first kappa shape index (κ1) is 24.2. The molecule has 0 bridgehead atoms. The summed E-state index contributed by atoms with van der Waals surface area (Å²) in [6.07, 6.45) is -0.580. The summed E-state index contributed by atoms with van der Waals surface area (Å²) in [7, 11) is 1.64. The highest BCUT2D eigenvalue weighted by Gasteiger charge is 2.66. The van der Waals surface area contributed by atoms with Gasteiger partial charge in [0.25, 0.3) is 5.88 Å². The van der Waals surface area contributed by atoms with Crippen LogP contribution >= 0.6 is 0 Å². The Morgan fingerprint density at radius 3 is 2.51 bits per heavy atom. The fraction of sp³-hybridized carbons (Fsp3) is 0.261. The van der Waals surface area contributed by atoms with E-state index in [1.54, 1.807) is 19.3 Å². The van der Waals surface area contributed by atoms with E-state index in [1.807, 2.05) is 0 Å². The van der Waals surface area contributed by atoms with Crippen LogP contribution in [0.1, 0.15) is 24.2 Å². The minimum atomic E-state index is -4.47. The minimum absolute atomic E-state index is 0.0742. The molecular formula is C23H19F4N7O3. The first-order valence-corrected chi connectivity index (χ1v) is 11.0. The van der Waals surface area contributed by atoms with Crippen LogP contribution < -0.4 is 10.6 Å². The second kappa shape index (κ2) is 8.87. The van der Waals surface area contributed by atoms with Crippen LogP contribution in [0.25, 0.3) is 11.1 Å². The van der Waals surface area contributed by atoms with Gasteiger partial charge in [-0.15, -0.1) is 5.10 Å². The van der Waals surface area contributed by atoms with E-state index in [-0.39, 0.29) is 48.2 Å². The third-order valence-electron chi connectivity index (χ3n) is 5.99. The molecule has 4 aromatic rings. The second-order valence-corrected chi connectivity index (χ2v) is 8.65. The topological polar surface area (TPSA) is 131 Å². The molecule has 0 radical (unpaired) electrons. The molecular weight excluding hydrogens is 498 g/mol. The van der Waals surface area contributed by atoms with Gasteiger partial charge in [0.15, 0.2) is 11.6 Å². The fourth-order valence-corrected chi connectivity index (χ4v) is 3.81. The quantitative estimate of drug-likeness (QED) is 0.311. The molecule has 0 saturated heterocycles. The Balaban J connectivity index is 1.22. The van der Waals surface area contributed by atoms with Gasteiger partial charge in [-0.2, -0.15) is 13.2 Å². The zero-order valence-corrected chi connectivity index (χ0v) is 19.2. The van der Waals surface area contributed by atoms with Gasteiger partial charge >= 0.3 is 6.18 Å². The number of amides is 1. The summed E-state index contributed by atoms with van der Waals surface area (Å²) in [6, 6.07) is 5.27. The van der Waals surface area contributed by atoms with Crippen molar-refractivity contribution >= 4 is 23.4 Å². The number of carbonyl (C=O) groups is 1. The maximum atomic E-state index is 14.7. The van der Waals surface area contributed by atoms with Crippen LogP contribution in [-0.4, -0.2) is 42.1 Å². The summed E-state index contributed by atoms with van der Waals surface area (Å²) in [5.41, 5.74) is -0.697. The average molecular weight is 517 g/mol. The molecule has 0 atom stereocenters. The minimum Gasteiger partial charge on any atom is -0.491 e. The molecule has 3 aromatic heterocycles. The number of nitrogens with one attached hydrogen (secondary N) is 2. The number of halogens is 4. The van der Waals surface area contributed by atoms with Crippen molar-refractivity contribution in [3.05, 3.63) is 60.0 Å². The van der Waals surface area contributed by atoms with E-state index in [9.17, 15) is 27.5 Å². The summed E-state index contributed by atoms with van der Waals surface area (Å²) in [4.78, 5) is 20.6. The second-order valence-electron chi connectivity index (χ2n) is 8.65. The Labute approximate surface area is 206 Å². The highest BCUT2D eigenvalue weighted by atomic mass is 19.4. The Morgan fingerprint density at radius 2 is 1.92 bits per heavy atom. The Bertz CT molecular complexity index is 1460. The number of aromatic nitrogens is 5. The van der Waals surface area contributed by atoms with Crippen molar-refractivity contribution in [2.45, 2.75) is 30.9 Å². The van der Waals surface area contributed by atoms with Gasteiger partial charge in [0.2, 0.25) is 11.9 Å². The Hall–Kier alpha value is -4.49. The van der Waals surface area contributed by atoms with E-state index in [1.165, 1.54) is 29.2 Å². The lowest BCUT2D eigenvalue weighted by Gasteiger charge is -2.14. The maximum Gasteiger partial charge on any atom is 0.401 e. The van der Waals surface area contributed by atoms with Crippen molar-refractivity contribution in [2.75, 3.05) is 10.6 Å². The Kier molecular flexibility index (Phi) is 5.80. The third kappa shape index (κ3) is 4.81. The zero-order valence-electron chi connectivity index (χ0n) is 19.2. The molecule has 1 aromatic carbocycles. The number of carbonyl (C=O) groups excluding carboxylic acids is 1. The molecule has 1 saturated carbocycles. The van der Waals surface area contributed by atoms with Crippen molar-refractivity contribution < 1.29 is 32.0 Å². The van der Waals surface area contributed by atoms with Gasteiger partial charge in [-0.1, -0.05) is 17.3 Å². The summed E-state index contributed by atoms with van der Waals surface area (Å²) >= 11 is 0. The molecule has 1 aliphatic carbocycles. The number of alkyl halides is 3. The van der Waals surface area contributed by atoms with E-state index in [2.05, 4.69) is 30.9 Å². The highest BCUT2D eigenvalue weighted by molar-refractivity contribution is 5.91. The molecule has 0 aliphatic heterocycles. The van der Waals surface area contributed by atoms with Crippen LogP contribution in [0.15, 0.2) is 47.4 Å². The summed E-state index contributed by atoms with van der Waals surface area (Å²) in [5.74, 6) is -1.87. The molecule has 14 heteroatoms. The maximum absolute atomic E-state index is 14.7. The highest BCUT2D eigenvalue weighted by Crippen LogP contribution is 2.59. The predicted octanol–water partition coefficient (Wildman–Crippen LogP) is 4.23. The van der Waals surface area contributed by atoms with Crippen LogP contribution in [0.4, 0.5) is 35.0 Å². The van der Waals surface area contributed by atoms with Gasteiger partial charge in [-0.25, -0.2) is 14.4 Å². The molecule has 192 valence electrons. The zero-order chi connectivity index (χ0) is 26.4. The van der Waals surface area contributed by atoms with E-state index in [4.69, 9.17) is 4.52 Å². The number of aromatic hydroxyl groups is 1. The van der Waals surface area contributed by atoms with Crippen molar-refractivity contribution in [1.82, 2.24) is 24.9 Å². The molecule has 0 spiro atoms. The summed E-state index contributed by atoms with van der Waals surface area (Å²) < 4.78 is 60.6. The molecule has 3 heterocycles. The lowest BCUT2D eigenvalue weighted by molar-refractivity contribution is -0.165. The van der Waals surface area contributed by atoms with Gasteiger partial charge in [0.05, 0.1) is 12.6 Å². The van der Waals surface area contributed by atoms with Crippen molar-refractivity contribution in [3.63, 3.8) is 0 Å². The number of hydrogen-bond donors (Lipinski definition) is 3. The predicted molar refractivity (Wildman–Crippen MR) is 121 cm³/mol. The molecule has 0 unspecified atom stereocenters. The van der Waals surface area contributed by atoms with Gasteiger partial charge in [0.1, 0.15) is 16.9 Å². The Morgan fingerprint density at radius 1 is 1.19 bits per heavy atom. The summed E-state index contributed by atoms with van der Waals surface area (Å²) in [5, 5.41) is 22.2.